The Morgan fingerprint density at radius 3 is 2.58 bits per heavy atom. The molecule has 1 fully saturated rings. The van der Waals surface area contributed by atoms with Gasteiger partial charge >= 0.3 is 0 Å². The molecule has 3 nitrogen and oxygen atoms in total. The molecule has 108 valence electrons. The summed E-state index contributed by atoms with van der Waals surface area (Å²) in [6.07, 6.45) is 0. The molecule has 0 amide bonds. The number of thiophene rings is 1. The molecule has 0 spiro atoms. The molecule has 1 aromatic heterocycles. The summed E-state index contributed by atoms with van der Waals surface area (Å²) in [6, 6.07) is 2.96. The zero-order valence-corrected chi connectivity index (χ0v) is 13.5. The first-order valence-electron chi connectivity index (χ1n) is 7.27. The van der Waals surface area contributed by atoms with Crippen molar-refractivity contribution in [2.45, 2.75) is 39.9 Å². The second-order valence-electron chi connectivity index (χ2n) is 5.91. The summed E-state index contributed by atoms with van der Waals surface area (Å²) in [5.41, 5.74) is 1.52. The van der Waals surface area contributed by atoms with Crippen LogP contribution in [0.4, 0.5) is 0 Å². The minimum atomic E-state index is 0.559. The minimum Gasteiger partial charge on any atom is -0.310 e. The monoisotopic (exact) mass is 281 g/mol. The molecule has 0 atom stereocenters. The second kappa shape index (κ2) is 6.84. The predicted octanol–water partition coefficient (Wildman–Crippen LogP) is 2.30. The highest BCUT2D eigenvalue weighted by atomic mass is 32.1. The molecule has 2 rings (SSSR count). The molecule has 4 heteroatoms. The van der Waals surface area contributed by atoms with Crippen LogP contribution in [0, 0.1) is 6.92 Å². The van der Waals surface area contributed by atoms with E-state index in [0.29, 0.717) is 6.04 Å². The van der Waals surface area contributed by atoms with Crippen LogP contribution in [0.3, 0.4) is 0 Å². The zero-order chi connectivity index (χ0) is 13.8. The molecule has 0 radical (unpaired) electrons. The van der Waals surface area contributed by atoms with Gasteiger partial charge in [0, 0.05) is 55.1 Å². The van der Waals surface area contributed by atoms with Crippen molar-refractivity contribution in [1.82, 2.24) is 15.1 Å². The Morgan fingerprint density at radius 2 is 1.95 bits per heavy atom. The van der Waals surface area contributed by atoms with E-state index in [-0.39, 0.29) is 0 Å². The van der Waals surface area contributed by atoms with E-state index in [1.807, 2.05) is 11.3 Å². The van der Waals surface area contributed by atoms with Gasteiger partial charge in [-0.1, -0.05) is 13.8 Å². The Kier molecular flexibility index (Phi) is 5.39. The van der Waals surface area contributed by atoms with Crippen LogP contribution in [-0.4, -0.2) is 49.1 Å². The highest BCUT2D eigenvalue weighted by Crippen LogP contribution is 2.23. The van der Waals surface area contributed by atoms with Gasteiger partial charge in [0.2, 0.25) is 0 Å². The molecular weight excluding hydrogens is 254 g/mol. The number of aryl methyl sites for hydroxylation is 1. The van der Waals surface area contributed by atoms with Crippen molar-refractivity contribution in [2.75, 3.05) is 33.2 Å². The lowest BCUT2D eigenvalue weighted by molar-refractivity contribution is 0.148. The maximum Gasteiger partial charge on any atom is 0.0302 e. The van der Waals surface area contributed by atoms with Gasteiger partial charge in [0.05, 0.1) is 0 Å². The van der Waals surface area contributed by atoms with Crippen LogP contribution in [0.15, 0.2) is 6.07 Å². The van der Waals surface area contributed by atoms with E-state index in [1.54, 1.807) is 0 Å². The summed E-state index contributed by atoms with van der Waals surface area (Å²) in [7, 11) is 2.21. The standard InChI is InChI=1S/C15H27N3S/c1-12(2)16-10-15-9-14(13(3)19-15)11-18-7-5-17(4)6-8-18/h9,12,16H,5-8,10-11H2,1-4H3. The number of piperazine rings is 1. The third-order valence-electron chi connectivity index (χ3n) is 3.75. The van der Waals surface area contributed by atoms with Crippen molar-refractivity contribution in [3.05, 3.63) is 21.4 Å². The average molecular weight is 281 g/mol. The van der Waals surface area contributed by atoms with Crippen molar-refractivity contribution in [2.24, 2.45) is 0 Å². The number of likely N-dealkylation sites (N-methyl/N-ethyl adjacent to an activating group) is 1. The molecule has 0 aliphatic carbocycles. The van der Waals surface area contributed by atoms with Crippen LogP contribution in [0.25, 0.3) is 0 Å². The SMILES string of the molecule is Cc1sc(CNC(C)C)cc1CN1CCN(C)CC1. The zero-order valence-electron chi connectivity index (χ0n) is 12.7. The van der Waals surface area contributed by atoms with E-state index >= 15 is 0 Å². The van der Waals surface area contributed by atoms with E-state index < -0.39 is 0 Å². The molecule has 2 heterocycles. The molecule has 1 saturated heterocycles. The van der Waals surface area contributed by atoms with Gasteiger partial charge in [-0.25, -0.2) is 0 Å². The number of hydrogen-bond acceptors (Lipinski definition) is 4. The van der Waals surface area contributed by atoms with Crippen molar-refractivity contribution in [1.29, 1.82) is 0 Å². The van der Waals surface area contributed by atoms with Gasteiger partial charge in [0.15, 0.2) is 0 Å². The molecule has 0 saturated carbocycles. The Balaban J connectivity index is 1.89. The van der Waals surface area contributed by atoms with Crippen LogP contribution in [0.5, 0.6) is 0 Å². The Hall–Kier alpha value is -0.420. The van der Waals surface area contributed by atoms with Crippen LogP contribution in [0.1, 0.15) is 29.2 Å². The number of hydrogen-bond donors (Lipinski definition) is 1. The number of nitrogens with one attached hydrogen (secondary N) is 1. The topological polar surface area (TPSA) is 18.5 Å². The fraction of sp³-hybridized carbons (Fsp3) is 0.733. The lowest BCUT2D eigenvalue weighted by Crippen LogP contribution is -2.43. The smallest absolute Gasteiger partial charge is 0.0302 e. The minimum absolute atomic E-state index is 0.559. The summed E-state index contributed by atoms with van der Waals surface area (Å²) in [5.74, 6) is 0. The van der Waals surface area contributed by atoms with Gasteiger partial charge in [-0.2, -0.15) is 0 Å². The van der Waals surface area contributed by atoms with E-state index in [4.69, 9.17) is 0 Å². The molecule has 0 bridgehead atoms. The van der Waals surface area contributed by atoms with Crippen molar-refractivity contribution in [3.63, 3.8) is 0 Å². The normalized spacial score (nSPS) is 18.4. The highest BCUT2D eigenvalue weighted by Gasteiger charge is 2.15. The van der Waals surface area contributed by atoms with Crippen LogP contribution < -0.4 is 5.32 Å². The van der Waals surface area contributed by atoms with Gasteiger partial charge in [-0.15, -0.1) is 11.3 Å². The first kappa shape index (κ1) is 15.0. The van der Waals surface area contributed by atoms with Crippen LogP contribution in [0.2, 0.25) is 0 Å². The fourth-order valence-corrected chi connectivity index (χ4v) is 3.39. The molecule has 1 N–H and O–H groups in total. The Labute approximate surface area is 121 Å². The number of rotatable bonds is 5. The molecule has 1 aromatic rings. The third kappa shape index (κ3) is 4.56. The Bertz CT molecular complexity index is 392. The van der Waals surface area contributed by atoms with E-state index in [9.17, 15) is 0 Å². The van der Waals surface area contributed by atoms with Gasteiger partial charge in [0.25, 0.3) is 0 Å². The highest BCUT2D eigenvalue weighted by molar-refractivity contribution is 7.12. The fourth-order valence-electron chi connectivity index (χ4n) is 2.38. The summed E-state index contributed by atoms with van der Waals surface area (Å²) in [5, 5.41) is 3.50. The maximum atomic E-state index is 3.50. The van der Waals surface area contributed by atoms with Gasteiger partial charge < -0.3 is 10.2 Å². The predicted molar refractivity (Wildman–Crippen MR) is 83.8 cm³/mol. The quantitative estimate of drug-likeness (QED) is 0.893. The lowest BCUT2D eigenvalue weighted by atomic mass is 10.2. The maximum absolute atomic E-state index is 3.50. The summed E-state index contributed by atoms with van der Waals surface area (Å²) < 4.78 is 0. The molecule has 0 unspecified atom stereocenters. The molecule has 1 aliphatic heterocycles. The molecule has 19 heavy (non-hydrogen) atoms. The van der Waals surface area contributed by atoms with Gasteiger partial charge in [-0.05, 0) is 25.6 Å². The lowest BCUT2D eigenvalue weighted by Gasteiger charge is -2.32. The summed E-state index contributed by atoms with van der Waals surface area (Å²) in [4.78, 5) is 7.94. The van der Waals surface area contributed by atoms with Crippen LogP contribution in [-0.2, 0) is 13.1 Å². The molecule has 0 aromatic carbocycles. The van der Waals surface area contributed by atoms with Crippen molar-refractivity contribution >= 4 is 11.3 Å². The van der Waals surface area contributed by atoms with E-state index in [0.717, 1.165) is 13.1 Å². The second-order valence-corrected chi connectivity index (χ2v) is 7.25. The third-order valence-corrected chi connectivity index (χ3v) is 4.84. The number of nitrogens with zero attached hydrogens (tertiary/aromatic N) is 2. The Morgan fingerprint density at radius 1 is 1.26 bits per heavy atom. The first-order chi connectivity index (χ1) is 9.04. The first-order valence-corrected chi connectivity index (χ1v) is 8.08. The largest absolute Gasteiger partial charge is 0.310 e. The van der Waals surface area contributed by atoms with Crippen molar-refractivity contribution in [3.8, 4) is 0 Å². The van der Waals surface area contributed by atoms with Crippen molar-refractivity contribution < 1.29 is 0 Å². The summed E-state index contributed by atoms with van der Waals surface area (Å²) in [6.45, 7) is 13.6. The molecular formula is C15H27N3S. The van der Waals surface area contributed by atoms with Gasteiger partial charge in [0.1, 0.15) is 0 Å². The molecule has 1 aliphatic rings. The van der Waals surface area contributed by atoms with E-state index in [1.165, 1.54) is 41.5 Å². The average Bonchev–Trinajstić information content (AvgIpc) is 2.71. The van der Waals surface area contributed by atoms with Gasteiger partial charge in [-0.3, -0.25) is 4.90 Å². The van der Waals surface area contributed by atoms with E-state index in [2.05, 4.69) is 49.0 Å². The van der Waals surface area contributed by atoms with Crippen LogP contribution >= 0.6 is 11.3 Å². The summed E-state index contributed by atoms with van der Waals surface area (Å²) >= 11 is 1.95.